The molecule has 3 aliphatic rings. The minimum atomic E-state index is 0.639. The van der Waals surface area contributed by atoms with Crippen LogP contribution in [0, 0.1) is 5.92 Å². The summed E-state index contributed by atoms with van der Waals surface area (Å²) in [5.74, 6) is 0.710. The van der Waals surface area contributed by atoms with E-state index in [-0.39, 0.29) is 0 Å². The normalized spacial score (nSPS) is 31.1. The molecule has 0 aromatic carbocycles. The SMILES string of the molecule is C1CCCC(NC[C@H]([C@@H]2CCOC2)N2CCOCC2)CC1. The van der Waals surface area contributed by atoms with Crippen LogP contribution >= 0.6 is 0 Å². The zero-order valence-corrected chi connectivity index (χ0v) is 13.4. The molecule has 1 N–H and O–H groups in total. The Balaban J connectivity index is 1.53. The summed E-state index contributed by atoms with van der Waals surface area (Å²) in [7, 11) is 0. The average molecular weight is 296 g/mol. The van der Waals surface area contributed by atoms with Gasteiger partial charge in [0.15, 0.2) is 0 Å². The van der Waals surface area contributed by atoms with Crippen molar-refractivity contribution in [3.8, 4) is 0 Å². The van der Waals surface area contributed by atoms with Crippen LogP contribution in [-0.4, -0.2) is 63.0 Å². The van der Waals surface area contributed by atoms with E-state index in [9.17, 15) is 0 Å². The summed E-state index contributed by atoms with van der Waals surface area (Å²) in [5, 5.41) is 3.90. The molecule has 4 heteroatoms. The van der Waals surface area contributed by atoms with E-state index in [1.54, 1.807) is 0 Å². The van der Waals surface area contributed by atoms with Crippen LogP contribution in [0.25, 0.3) is 0 Å². The van der Waals surface area contributed by atoms with E-state index in [1.807, 2.05) is 0 Å². The van der Waals surface area contributed by atoms with E-state index in [4.69, 9.17) is 9.47 Å². The van der Waals surface area contributed by atoms with Gasteiger partial charge in [-0.3, -0.25) is 4.90 Å². The van der Waals surface area contributed by atoms with Gasteiger partial charge in [-0.2, -0.15) is 0 Å². The van der Waals surface area contributed by atoms with Crippen LogP contribution in [0.15, 0.2) is 0 Å². The molecule has 0 aromatic rings. The van der Waals surface area contributed by atoms with Gasteiger partial charge in [0, 0.05) is 44.2 Å². The third-order valence-corrected chi connectivity index (χ3v) is 5.49. The number of nitrogens with one attached hydrogen (secondary N) is 1. The Morgan fingerprint density at radius 1 is 0.905 bits per heavy atom. The summed E-state index contributed by atoms with van der Waals surface area (Å²) in [6.07, 6.45) is 9.66. The standard InChI is InChI=1S/C17H32N2O2/c1-2-4-6-16(5-3-1)18-13-17(15-7-10-21-14-15)19-8-11-20-12-9-19/h15-18H,1-14H2/t15-,17-/m1/s1. The van der Waals surface area contributed by atoms with Gasteiger partial charge in [0.05, 0.1) is 19.8 Å². The van der Waals surface area contributed by atoms with Gasteiger partial charge in [-0.05, 0) is 19.3 Å². The second-order valence-electron chi connectivity index (χ2n) is 6.94. The van der Waals surface area contributed by atoms with Gasteiger partial charge in [-0.1, -0.05) is 25.7 Å². The predicted octanol–water partition coefficient (Wildman–Crippen LogP) is 2.04. The van der Waals surface area contributed by atoms with Crippen LogP contribution in [-0.2, 0) is 9.47 Å². The summed E-state index contributed by atoms with van der Waals surface area (Å²) in [6.45, 7) is 7.02. The Bertz CT molecular complexity index is 281. The first-order chi connectivity index (χ1) is 10.4. The van der Waals surface area contributed by atoms with Gasteiger partial charge in [0.1, 0.15) is 0 Å². The van der Waals surface area contributed by atoms with Gasteiger partial charge in [-0.15, -0.1) is 0 Å². The molecule has 2 saturated heterocycles. The third-order valence-electron chi connectivity index (χ3n) is 5.49. The zero-order valence-electron chi connectivity index (χ0n) is 13.4. The number of rotatable bonds is 5. The van der Waals surface area contributed by atoms with Gasteiger partial charge in [-0.25, -0.2) is 0 Å². The number of ether oxygens (including phenoxy) is 2. The fourth-order valence-electron chi connectivity index (χ4n) is 4.13. The van der Waals surface area contributed by atoms with Crippen LogP contribution in [0.3, 0.4) is 0 Å². The molecule has 3 fully saturated rings. The molecule has 2 aliphatic heterocycles. The lowest BCUT2D eigenvalue weighted by Gasteiger charge is -2.38. The van der Waals surface area contributed by atoms with Crippen molar-refractivity contribution in [2.45, 2.75) is 57.0 Å². The molecule has 1 aliphatic carbocycles. The fraction of sp³-hybridized carbons (Fsp3) is 1.00. The van der Waals surface area contributed by atoms with Crippen molar-refractivity contribution in [1.29, 1.82) is 0 Å². The highest BCUT2D eigenvalue weighted by atomic mass is 16.5. The molecular weight excluding hydrogens is 264 g/mol. The molecule has 4 nitrogen and oxygen atoms in total. The summed E-state index contributed by atoms with van der Waals surface area (Å²) in [4.78, 5) is 2.65. The van der Waals surface area contributed by atoms with Crippen LogP contribution in [0.1, 0.15) is 44.9 Å². The largest absolute Gasteiger partial charge is 0.381 e. The Hall–Kier alpha value is -0.160. The molecule has 0 aromatic heterocycles. The van der Waals surface area contributed by atoms with Crippen molar-refractivity contribution in [2.75, 3.05) is 46.1 Å². The first kappa shape index (κ1) is 15.7. The highest BCUT2D eigenvalue weighted by molar-refractivity contribution is 4.86. The number of hydrogen-bond acceptors (Lipinski definition) is 4. The van der Waals surface area contributed by atoms with E-state index in [1.165, 1.54) is 44.9 Å². The van der Waals surface area contributed by atoms with Crippen LogP contribution in [0.4, 0.5) is 0 Å². The molecular formula is C17H32N2O2. The quantitative estimate of drug-likeness (QED) is 0.787. The maximum atomic E-state index is 5.66. The topological polar surface area (TPSA) is 33.7 Å². The smallest absolute Gasteiger partial charge is 0.0594 e. The molecule has 0 radical (unpaired) electrons. The minimum absolute atomic E-state index is 0.639. The van der Waals surface area contributed by atoms with E-state index in [2.05, 4.69) is 10.2 Å². The van der Waals surface area contributed by atoms with Crippen molar-refractivity contribution in [1.82, 2.24) is 10.2 Å². The highest BCUT2D eigenvalue weighted by Crippen LogP contribution is 2.23. The molecule has 21 heavy (non-hydrogen) atoms. The van der Waals surface area contributed by atoms with Crippen LogP contribution in [0.2, 0.25) is 0 Å². The van der Waals surface area contributed by atoms with E-state index in [0.717, 1.165) is 52.1 Å². The molecule has 122 valence electrons. The molecule has 0 unspecified atom stereocenters. The highest BCUT2D eigenvalue weighted by Gasteiger charge is 2.31. The molecule has 0 spiro atoms. The van der Waals surface area contributed by atoms with Crippen LogP contribution < -0.4 is 5.32 Å². The number of hydrogen-bond donors (Lipinski definition) is 1. The Morgan fingerprint density at radius 3 is 2.33 bits per heavy atom. The first-order valence-corrected chi connectivity index (χ1v) is 9.06. The zero-order chi connectivity index (χ0) is 14.3. The summed E-state index contributed by atoms with van der Waals surface area (Å²) >= 11 is 0. The van der Waals surface area contributed by atoms with Crippen molar-refractivity contribution in [2.24, 2.45) is 5.92 Å². The van der Waals surface area contributed by atoms with E-state index >= 15 is 0 Å². The van der Waals surface area contributed by atoms with Crippen molar-refractivity contribution in [3.05, 3.63) is 0 Å². The van der Waals surface area contributed by atoms with Gasteiger partial charge < -0.3 is 14.8 Å². The second-order valence-corrected chi connectivity index (χ2v) is 6.94. The van der Waals surface area contributed by atoms with E-state index < -0.39 is 0 Å². The Kier molecular flexibility index (Phi) is 6.34. The summed E-state index contributed by atoms with van der Waals surface area (Å²) < 4.78 is 11.2. The number of nitrogens with zero attached hydrogens (tertiary/aromatic N) is 1. The summed E-state index contributed by atoms with van der Waals surface area (Å²) in [6, 6.07) is 1.39. The van der Waals surface area contributed by atoms with Crippen molar-refractivity contribution < 1.29 is 9.47 Å². The Labute approximate surface area is 129 Å². The van der Waals surface area contributed by atoms with Gasteiger partial charge in [0.2, 0.25) is 0 Å². The van der Waals surface area contributed by atoms with Crippen LogP contribution in [0.5, 0.6) is 0 Å². The second kappa shape index (κ2) is 8.47. The summed E-state index contributed by atoms with van der Waals surface area (Å²) in [5.41, 5.74) is 0. The Morgan fingerprint density at radius 2 is 1.67 bits per heavy atom. The van der Waals surface area contributed by atoms with Crippen molar-refractivity contribution in [3.63, 3.8) is 0 Å². The lowest BCUT2D eigenvalue weighted by Crippen LogP contribution is -2.52. The minimum Gasteiger partial charge on any atom is -0.381 e. The van der Waals surface area contributed by atoms with Gasteiger partial charge in [0.25, 0.3) is 0 Å². The lowest BCUT2D eigenvalue weighted by atomic mass is 9.96. The molecule has 0 bridgehead atoms. The first-order valence-electron chi connectivity index (χ1n) is 9.06. The molecule has 3 rings (SSSR count). The molecule has 0 amide bonds. The molecule has 1 saturated carbocycles. The fourth-order valence-corrected chi connectivity index (χ4v) is 4.13. The monoisotopic (exact) mass is 296 g/mol. The average Bonchev–Trinajstić information content (AvgIpc) is 2.92. The van der Waals surface area contributed by atoms with Crippen molar-refractivity contribution >= 4 is 0 Å². The maximum Gasteiger partial charge on any atom is 0.0594 e. The van der Waals surface area contributed by atoms with Gasteiger partial charge >= 0.3 is 0 Å². The number of morpholine rings is 1. The molecule has 2 heterocycles. The lowest BCUT2D eigenvalue weighted by molar-refractivity contribution is 0.000708. The van der Waals surface area contributed by atoms with E-state index in [0.29, 0.717) is 12.0 Å². The maximum absolute atomic E-state index is 5.66. The molecule has 2 atom stereocenters. The third kappa shape index (κ3) is 4.65. The predicted molar refractivity (Wildman–Crippen MR) is 84.6 cm³/mol.